The molecule has 1 aromatic carbocycles. The van der Waals surface area contributed by atoms with E-state index in [-0.39, 0.29) is 11.4 Å². The van der Waals surface area contributed by atoms with Crippen LogP contribution in [0.25, 0.3) is 11.0 Å². The molecule has 0 radical (unpaired) electrons. The Hall–Kier alpha value is -2.74. The fourth-order valence-electron chi connectivity index (χ4n) is 5.11. The molecular weight excluding hydrogens is 399 g/mol. The molecule has 164 valence electrons. The zero-order chi connectivity index (χ0) is 21.5. The number of rotatable bonds is 4. The third-order valence-corrected chi connectivity index (χ3v) is 6.96. The van der Waals surface area contributed by atoms with Crippen molar-refractivity contribution in [1.29, 1.82) is 0 Å². The van der Waals surface area contributed by atoms with Gasteiger partial charge in [-0.1, -0.05) is 9.89 Å². The van der Waals surface area contributed by atoms with E-state index in [0.717, 1.165) is 68.6 Å². The fraction of sp³-hybridized carbons (Fsp3) is 0.522. The summed E-state index contributed by atoms with van der Waals surface area (Å²) in [5, 5.41) is 15.6. The first-order valence-corrected chi connectivity index (χ1v) is 11.2. The van der Waals surface area contributed by atoms with Crippen LogP contribution in [0.1, 0.15) is 54.4 Å². The molecule has 0 spiro atoms. The smallest absolute Gasteiger partial charge is 0.341 e. The molecule has 2 aromatic heterocycles. The molecule has 0 atom stereocenters. The lowest BCUT2D eigenvalue weighted by Gasteiger charge is -2.31. The minimum Gasteiger partial charge on any atom is -0.356 e. The summed E-state index contributed by atoms with van der Waals surface area (Å²) < 4.78 is 21.7. The largest absolute Gasteiger partial charge is 0.356 e. The van der Waals surface area contributed by atoms with Gasteiger partial charge in [-0.3, -0.25) is 0 Å². The number of aromatic nitrogens is 3. The second-order valence-corrected chi connectivity index (χ2v) is 8.78. The summed E-state index contributed by atoms with van der Waals surface area (Å²) in [5.74, 6) is 0.694. The van der Waals surface area contributed by atoms with Crippen molar-refractivity contribution >= 4 is 11.0 Å². The Morgan fingerprint density at radius 3 is 2.87 bits per heavy atom. The van der Waals surface area contributed by atoms with Crippen molar-refractivity contribution in [3.8, 4) is 0 Å². The molecule has 3 aromatic rings. The number of piperidine rings is 1. The number of likely N-dealkylation sites (tertiary alicyclic amines) is 1. The van der Waals surface area contributed by atoms with Gasteiger partial charge in [-0.25, -0.2) is 9.18 Å². The van der Waals surface area contributed by atoms with Gasteiger partial charge in [0.25, 0.3) is 5.82 Å². The van der Waals surface area contributed by atoms with Gasteiger partial charge in [-0.05, 0) is 57.3 Å². The highest BCUT2D eigenvalue weighted by Gasteiger charge is 2.29. The van der Waals surface area contributed by atoms with Gasteiger partial charge in [0.15, 0.2) is 11.3 Å². The lowest BCUT2D eigenvalue weighted by atomic mass is 9.91. The van der Waals surface area contributed by atoms with E-state index < -0.39 is 0 Å². The van der Waals surface area contributed by atoms with Crippen LogP contribution in [0, 0.1) is 12.7 Å². The van der Waals surface area contributed by atoms with Gasteiger partial charge in [0.2, 0.25) is 0 Å². The van der Waals surface area contributed by atoms with Crippen LogP contribution in [0.5, 0.6) is 0 Å². The van der Waals surface area contributed by atoms with Crippen LogP contribution in [0.15, 0.2) is 27.5 Å². The summed E-state index contributed by atoms with van der Waals surface area (Å²) in [6.07, 6.45) is 5.24. The minimum atomic E-state index is -0.317. The second-order valence-electron chi connectivity index (χ2n) is 8.78. The zero-order valence-electron chi connectivity index (χ0n) is 17.8. The Bertz CT molecular complexity index is 1180. The van der Waals surface area contributed by atoms with Crippen LogP contribution in [0.3, 0.4) is 0 Å². The molecule has 2 aliphatic heterocycles. The molecule has 0 unspecified atom stereocenters. The van der Waals surface area contributed by atoms with Gasteiger partial charge in [0.1, 0.15) is 5.82 Å². The minimum absolute atomic E-state index is 0.0497. The van der Waals surface area contributed by atoms with Crippen molar-refractivity contribution in [1.82, 2.24) is 14.6 Å². The van der Waals surface area contributed by atoms with Gasteiger partial charge >= 0.3 is 5.56 Å². The Kier molecular flexibility index (Phi) is 5.25. The standard InChI is InChI=1S/C23H28FN4O3/c1-15-18(23(29)27-10-3-2-4-21(27)28(15)30)9-13-26-11-7-16(8-12-26)22-19-6-5-17(24)14-20(19)31-25-22/h5-6,14,16,30H,2-4,7-13H2,1H3/q+1. The van der Waals surface area contributed by atoms with Crippen LogP contribution in [-0.2, 0) is 19.4 Å². The van der Waals surface area contributed by atoms with Crippen LogP contribution >= 0.6 is 0 Å². The quantitative estimate of drug-likeness (QED) is 0.512. The average molecular weight is 428 g/mol. The van der Waals surface area contributed by atoms with E-state index in [9.17, 15) is 14.4 Å². The summed E-state index contributed by atoms with van der Waals surface area (Å²) >= 11 is 0. The fourth-order valence-corrected chi connectivity index (χ4v) is 5.11. The summed E-state index contributed by atoms with van der Waals surface area (Å²) in [6, 6.07) is 4.58. The van der Waals surface area contributed by atoms with E-state index >= 15 is 0 Å². The first-order valence-electron chi connectivity index (χ1n) is 11.2. The molecule has 0 aliphatic carbocycles. The molecule has 1 fully saturated rings. The van der Waals surface area contributed by atoms with Gasteiger partial charge in [-0.15, -0.1) is 0 Å². The van der Waals surface area contributed by atoms with E-state index in [1.54, 1.807) is 10.6 Å². The molecule has 0 amide bonds. The molecular formula is C23H28FN4O3+. The summed E-state index contributed by atoms with van der Waals surface area (Å²) in [6.45, 7) is 5.11. The topological polar surface area (TPSA) is 75.4 Å². The van der Waals surface area contributed by atoms with Crippen LogP contribution in [-0.4, -0.2) is 39.5 Å². The number of fused-ring (bicyclic) bond motifs is 2. The van der Waals surface area contributed by atoms with Crippen molar-refractivity contribution in [3.63, 3.8) is 0 Å². The SMILES string of the molecule is Cc1c(CCN2CCC(c3noc4cc(F)ccc34)CC2)c(=O)n2c([n+]1O)CCCC2. The maximum atomic E-state index is 13.4. The van der Waals surface area contributed by atoms with Crippen molar-refractivity contribution < 1.29 is 18.9 Å². The Labute approximate surface area is 179 Å². The molecule has 5 rings (SSSR count). The number of halogens is 1. The number of hydrogen-bond donors (Lipinski definition) is 1. The van der Waals surface area contributed by atoms with Crippen molar-refractivity contribution in [2.75, 3.05) is 19.6 Å². The first-order chi connectivity index (χ1) is 15.0. The Morgan fingerprint density at radius 2 is 2.06 bits per heavy atom. The third-order valence-electron chi connectivity index (χ3n) is 6.96. The summed E-state index contributed by atoms with van der Waals surface area (Å²) in [5.41, 5.74) is 2.83. The van der Waals surface area contributed by atoms with E-state index in [4.69, 9.17) is 4.52 Å². The normalized spacial score (nSPS) is 17.9. The predicted molar refractivity (Wildman–Crippen MR) is 112 cm³/mol. The number of benzene rings is 1. The maximum Gasteiger partial charge on any atom is 0.341 e. The summed E-state index contributed by atoms with van der Waals surface area (Å²) in [7, 11) is 0. The van der Waals surface area contributed by atoms with Gasteiger partial charge in [-0.2, -0.15) is 4.57 Å². The lowest BCUT2D eigenvalue weighted by molar-refractivity contribution is -0.917. The van der Waals surface area contributed by atoms with E-state index in [1.807, 2.05) is 6.92 Å². The van der Waals surface area contributed by atoms with Crippen molar-refractivity contribution in [3.05, 3.63) is 57.1 Å². The monoisotopic (exact) mass is 427 g/mol. The third kappa shape index (κ3) is 3.63. The zero-order valence-corrected chi connectivity index (χ0v) is 17.8. The Balaban J connectivity index is 1.25. The summed E-state index contributed by atoms with van der Waals surface area (Å²) in [4.78, 5) is 15.4. The average Bonchev–Trinajstić information content (AvgIpc) is 3.21. The van der Waals surface area contributed by atoms with E-state index in [1.165, 1.54) is 16.9 Å². The molecule has 31 heavy (non-hydrogen) atoms. The van der Waals surface area contributed by atoms with Crippen molar-refractivity contribution in [2.45, 2.75) is 57.9 Å². The molecule has 4 heterocycles. The lowest BCUT2D eigenvalue weighted by Crippen LogP contribution is -2.50. The van der Waals surface area contributed by atoms with Crippen molar-refractivity contribution in [2.24, 2.45) is 0 Å². The molecule has 8 heteroatoms. The van der Waals surface area contributed by atoms with Gasteiger partial charge in [0, 0.05) is 30.8 Å². The molecule has 7 nitrogen and oxygen atoms in total. The number of nitrogens with zero attached hydrogens (tertiary/aromatic N) is 4. The molecule has 1 saturated heterocycles. The highest BCUT2D eigenvalue weighted by Crippen LogP contribution is 2.32. The Morgan fingerprint density at radius 1 is 1.26 bits per heavy atom. The first kappa shape index (κ1) is 20.2. The highest BCUT2D eigenvalue weighted by atomic mass is 19.1. The van der Waals surface area contributed by atoms with Gasteiger partial charge < -0.3 is 14.6 Å². The predicted octanol–water partition coefficient (Wildman–Crippen LogP) is 2.72. The highest BCUT2D eigenvalue weighted by molar-refractivity contribution is 5.79. The van der Waals surface area contributed by atoms with Crippen LogP contribution in [0.4, 0.5) is 4.39 Å². The molecule has 0 saturated carbocycles. The number of hydrogen-bond acceptors (Lipinski definition) is 5. The van der Waals surface area contributed by atoms with Crippen LogP contribution in [0.2, 0.25) is 0 Å². The van der Waals surface area contributed by atoms with Gasteiger partial charge in [0.05, 0.1) is 24.2 Å². The molecule has 1 N–H and O–H groups in total. The van der Waals surface area contributed by atoms with E-state index in [0.29, 0.717) is 35.7 Å². The molecule has 0 bridgehead atoms. The molecule has 2 aliphatic rings. The second kappa shape index (κ2) is 8.07. The maximum absolute atomic E-state index is 13.4. The van der Waals surface area contributed by atoms with E-state index in [2.05, 4.69) is 10.1 Å². The van der Waals surface area contributed by atoms with Crippen LogP contribution < -0.4 is 10.3 Å².